The maximum atomic E-state index is 4.69. The zero-order valence-electron chi connectivity index (χ0n) is 16.3. The molecule has 0 N–H and O–H groups in total. The lowest BCUT2D eigenvalue weighted by molar-refractivity contribution is 0.443. The maximum Gasteiger partial charge on any atom is 0.206 e. The summed E-state index contributed by atoms with van der Waals surface area (Å²) in [5.74, 6) is 0.727. The fourth-order valence-corrected chi connectivity index (χ4v) is 4.69. The Hall–Kier alpha value is -2.53. The molecule has 2 heterocycles. The van der Waals surface area contributed by atoms with Gasteiger partial charge in [0.05, 0.1) is 17.6 Å². The molecule has 0 atom stereocenters. The first kappa shape index (κ1) is 18.8. The summed E-state index contributed by atoms with van der Waals surface area (Å²) in [4.78, 5) is 9.84. The van der Waals surface area contributed by atoms with Crippen LogP contribution in [0.4, 0.5) is 0 Å². The van der Waals surface area contributed by atoms with Crippen LogP contribution in [0, 0.1) is 0 Å². The molecule has 0 radical (unpaired) electrons. The number of pyridine rings is 1. The summed E-state index contributed by atoms with van der Waals surface area (Å²) in [6.45, 7) is 2.78. The monoisotopic (exact) mass is 390 g/mol. The molecule has 144 valence electrons. The Kier molecular flexibility index (Phi) is 6.12. The van der Waals surface area contributed by atoms with Crippen molar-refractivity contribution >= 4 is 17.6 Å². The number of hydrogen-bond donors (Lipinski definition) is 0. The third kappa shape index (κ3) is 4.30. The molecule has 0 amide bonds. The summed E-state index contributed by atoms with van der Waals surface area (Å²) in [6.07, 6.45) is 10.3. The van der Waals surface area contributed by atoms with Gasteiger partial charge in [0.15, 0.2) is 0 Å². The first-order chi connectivity index (χ1) is 13.8. The lowest BCUT2D eigenvalue weighted by Gasteiger charge is -2.22. The Bertz CT molecular complexity index is 977. The van der Waals surface area contributed by atoms with E-state index in [0.29, 0.717) is 0 Å². The number of aromatic nitrogens is 2. The highest BCUT2D eigenvalue weighted by Crippen LogP contribution is 2.33. The van der Waals surface area contributed by atoms with Gasteiger partial charge in [-0.25, -0.2) is 4.68 Å². The molecule has 0 unspecified atom stereocenters. The quantitative estimate of drug-likeness (QED) is 0.533. The second-order valence-corrected chi connectivity index (χ2v) is 7.98. The summed E-state index contributed by atoms with van der Waals surface area (Å²) in [5, 5.41) is 6.83. The molecule has 1 aromatic carbocycles. The van der Waals surface area contributed by atoms with E-state index in [0.717, 1.165) is 28.7 Å². The summed E-state index contributed by atoms with van der Waals surface area (Å²) in [7, 11) is 0. The second kappa shape index (κ2) is 9.11. The van der Waals surface area contributed by atoms with Gasteiger partial charge in [-0.15, -0.1) is 11.3 Å². The van der Waals surface area contributed by atoms with Crippen molar-refractivity contribution in [3.05, 3.63) is 70.1 Å². The summed E-state index contributed by atoms with van der Waals surface area (Å²) in [5.41, 5.74) is 4.55. The molecule has 2 aromatic heterocycles. The minimum Gasteiger partial charge on any atom is -0.258 e. The van der Waals surface area contributed by atoms with Crippen molar-refractivity contribution < 1.29 is 0 Å². The summed E-state index contributed by atoms with van der Waals surface area (Å²) in [6, 6.07) is 14.9. The lowest BCUT2D eigenvalue weighted by Crippen LogP contribution is -2.12. The molecule has 1 fully saturated rings. The van der Waals surface area contributed by atoms with Crippen LogP contribution in [0.15, 0.2) is 64.1 Å². The van der Waals surface area contributed by atoms with E-state index in [9.17, 15) is 0 Å². The van der Waals surface area contributed by atoms with Crippen molar-refractivity contribution in [1.82, 2.24) is 9.66 Å². The van der Waals surface area contributed by atoms with Gasteiger partial charge in [0, 0.05) is 23.7 Å². The van der Waals surface area contributed by atoms with Gasteiger partial charge in [-0.05, 0) is 43.4 Å². The van der Waals surface area contributed by atoms with Crippen molar-refractivity contribution in [2.45, 2.75) is 44.9 Å². The van der Waals surface area contributed by atoms with Crippen LogP contribution in [-0.2, 0) is 0 Å². The Balaban J connectivity index is 1.65. The molecule has 0 spiro atoms. The van der Waals surface area contributed by atoms with Crippen LogP contribution in [0.3, 0.4) is 0 Å². The highest BCUT2D eigenvalue weighted by Gasteiger charge is 2.16. The van der Waals surface area contributed by atoms with E-state index >= 15 is 0 Å². The van der Waals surface area contributed by atoms with Crippen LogP contribution in [0.25, 0.3) is 11.3 Å². The standard InChI is InChI=1S/C23H26N4S/c1-2-24-23-27(26-16-21-10-6-7-15-25-21)22(17-28-23)20-13-11-19(12-14-20)18-8-4-3-5-9-18/h6-7,10-18H,2-5,8-9H2,1H3. The number of benzene rings is 1. The van der Waals surface area contributed by atoms with Crippen LogP contribution >= 0.6 is 11.3 Å². The molecule has 1 aliphatic carbocycles. The Morgan fingerprint density at radius 3 is 2.64 bits per heavy atom. The number of hydrogen-bond acceptors (Lipinski definition) is 4. The van der Waals surface area contributed by atoms with Gasteiger partial charge in [-0.3, -0.25) is 9.98 Å². The van der Waals surface area contributed by atoms with Crippen LogP contribution in [-0.4, -0.2) is 22.4 Å². The van der Waals surface area contributed by atoms with Gasteiger partial charge < -0.3 is 0 Å². The van der Waals surface area contributed by atoms with Gasteiger partial charge in [-0.1, -0.05) is 49.6 Å². The average molecular weight is 391 g/mol. The van der Waals surface area contributed by atoms with Crippen molar-refractivity contribution in [3.63, 3.8) is 0 Å². The van der Waals surface area contributed by atoms with Gasteiger partial charge in [0.25, 0.3) is 0 Å². The molecular weight excluding hydrogens is 364 g/mol. The number of rotatable bonds is 5. The van der Waals surface area contributed by atoms with E-state index in [4.69, 9.17) is 0 Å². The Morgan fingerprint density at radius 2 is 1.93 bits per heavy atom. The minimum absolute atomic E-state index is 0.727. The van der Waals surface area contributed by atoms with Gasteiger partial charge in [0.1, 0.15) is 0 Å². The predicted molar refractivity (Wildman–Crippen MR) is 117 cm³/mol. The minimum atomic E-state index is 0.727. The van der Waals surface area contributed by atoms with Crippen molar-refractivity contribution in [1.29, 1.82) is 0 Å². The zero-order chi connectivity index (χ0) is 19.2. The second-order valence-electron chi connectivity index (χ2n) is 7.15. The number of nitrogens with zero attached hydrogens (tertiary/aromatic N) is 4. The van der Waals surface area contributed by atoms with Crippen molar-refractivity contribution in [2.24, 2.45) is 10.1 Å². The molecule has 5 heteroatoms. The molecule has 1 aliphatic rings. The van der Waals surface area contributed by atoms with E-state index in [1.54, 1.807) is 23.7 Å². The molecule has 0 saturated heterocycles. The topological polar surface area (TPSA) is 42.5 Å². The fourth-order valence-electron chi connectivity index (χ4n) is 3.78. The largest absolute Gasteiger partial charge is 0.258 e. The first-order valence-corrected chi connectivity index (χ1v) is 11.0. The number of thiazole rings is 1. The van der Waals surface area contributed by atoms with E-state index in [1.165, 1.54) is 43.2 Å². The Morgan fingerprint density at radius 1 is 1.11 bits per heavy atom. The molecule has 0 bridgehead atoms. The maximum absolute atomic E-state index is 4.69. The summed E-state index contributed by atoms with van der Waals surface area (Å²) < 4.78 is 1.93. The highest BCUT2D eigenvalue weighted by molar-refractivity contribution is 7.07. The third-order valence-corrected chi connectivity index (χ3v) is 6.11. The van der Waals surface area contributed by atoms with Crippen LogP contribution in [0.5, 0.6) is 0 Å². The first-order valence-electron chi connectivity index (χ1n) is 10.1. The third-order valence-electron chi connectivity index (χ3n) is 5.25. The normalized spacial score (nSPS) is 16.1. The molecular formula is C23H26N4S. The van der Waals surface area contributed by atoms with Crippen LogP contribution in [0.2, 0.25) is 0 Å². The van der Waals surface area contributed by atoms with E-state index in [1.807, 2.05) is 29.8 Å². The van der Waals surface area contributed by atoms with Crippen LogP contribution < -0.4 is 4.80 Å². The van der Waals surface area contributed by atoms with Crippen molar-refractivity contribution in [2.75, 3.05) is 6.54 Å². The van der Waals surface area contributed by atoms with Gasteiger partial charge in [0.2, 0.25) is 4.80 Å². The van der Waals surface area contributed by atoms with E-state index < -0.39 is 0 Å². The van der Waals surface area contributed by atoms with Crippen molar-refractivity contribution in [3.8, 4) is 11.3 Å². The van der Waals surface area contributed by atoms with E-state index in [-0.39, 0.29) is 0 Å². The summed E-state index contributed by atoms with van der Waals surface area (Å²) >= 11 is 1.63. The van der Waals surface area contributed by atoms with Crippen LogP contribution in [0.1, 0.15) is 56.2 Å². The average Bonchev–Trinajstić information content (AvgIpc) is 3.16. The molecule has 1 saturated carbocycles. The predicted octanol–water partition coefficient (Wildman–Crippen LogP) is 5.46. The SMILES string of the molecule is CCN=c1scc(-c2ccc(C3CCCCC3)cc2)n1N=Cc1ccccn1. The molecule has 4 rings (SSSR count). The Labute approximate surface area is 170 Å². The van der Waals surface area contributed by atoms with Gasteiger partial charge >= 0.3 is 0 Å². The fraction of sp³-hybridized carbons (Fsp3) is 0.348. The zero-order valence-corrected chi connectivity index (χ0v) is 17.1. The molecule has 4 nitrogen and oxygen atoms in total. The highest BCUT2D eigenvalue weighted by atomic mass is 32.1. The van der Waals surface area contributed by atoms with Gasteiger partial charge in [-0.2, -0.15) is 5.10 Å². The lowest BCUT2D eigenvalue weighted by atomic mass is 9.84. The smallest absolute Gasteiger partial charge is 0.206 e. The molecule has 28 heavy (non-hydrogen) atoms. The molecule has 3 aromatic rings. The molecule has 0 aliphatic heterocycles. The van der Waals surface area contributed by atoms with E-state index in [2.05, 4.69) is 44.7 Å².